The summed E-state index contributed by atoms with van der Waals surface area (Å²) in [4.78, 5) is 6.93. The fourth-order valence-corrected chi connectivity index (χ4v) is 3.06. The minimum atomic E-state index is 0.133. The molecule has 0 saturated carbocycles. The molecule has 3 rings (SSSR count). The molecule has 2 heterocycles. The number of aromatic nitrogens is 2. The van der Waals surface area contributed by atoms with Crippen LogP contribution in [0, 0.1) is 13.8 Å². The van der Waals surface area contributed by atoms with Gasteiger partial charge in [0.05, 0.1) is 18.0 Å². The first-order valence-electron chi connectivity index (χ1n) is 8.13. The van der Waals surface area contributed by atoms with Gasteiger partial charge in [0.15, 0.2) is 0 Å². The van der Waals surface area contributed by atoms with Gasteiger partial charge in [-0.25, -0.2) is 4.98 Å². The van der Waals surface area contributed by atoms with Crippen LogP contribution in [0.1, 0.15) is 16.8 Å². The average molecular weight is 324 g/mol. The third kappa shape index (κ3) is 3.13. The Morgan fingerprint density at radius 3 is 2.71 bits per heavy atom. The fourth-order valence-electron chi connectivity index (χ4n) is 3.06. The van der Waals surface area contributed by atoms with Crippen LogP contribution in [-0.2, 0) is 6.54 Å². The molecule has 126 valence electrons. The number of rotatable bonds is 5. The van der Waals surface area contributed by atoms with Crippen molar-refractivity contribution in [3.63, 3.8) is 0 Å². The second-order valence-corrected chi connectivity index (χ2v) is 6.38. The van der Waals surface area contributed by atoms with E-state index in [4.69, 9.17) is 10.7 Å². The molecule has 24 heavy (non-hydrogen) atoms. The number of likely N-dealkylation sites (N-methyl/N-ethyl adjacent to an activating group) is 1. The molecular formula is C19H24N4O. The van der Waals surface area contributed by atoms with Crippen LogP contribution in [0.2, 0.25) is 0 Å². The lowest BCUT2D eigenvalue weighted by Gasteiger charge is -2.16. The maximum absolute atomic E-state index is 9.20. The van der Waals surface area contributed by atoms with Gasteiger partial charge in [-0.2, -0.15) is 0 Å². The Morgan fingerprint density at radius 1 is 1.21 bits per heavy atom. The van der Waals surface area contributed by atoms with Crippen LogP contribution in [0.15, 0.2) is 36.5 Å². The van der Waals surface area contributed by atoms with Crippen molar-refractivity contribution in [2.75, 3.05) is 25.9 Å². The number of hydrogen-bond acceptors (Lipinski definition) is 4. The normalized spacial score (nSPS) is 11.5. The van der Waals surface area contributed by atoms with Crippen LogP contribution in [0.5, 0.6) is 0 Å². The van der Waals surface area contributed by atoms with Gasteiger partial charge in [-0.1, -0.05) is 23.8 Å². The summed E-state index contributed by atoms with van der Waals surface area (Å²) < 4.78 is 2.05. The van der Waals surface area contributed by atoms with Gasteiger partial charge >= 0.3 is 0 Å². The number of nitrogens with two attached hydrogens (primary N) is 1. The summed E-state index contributed by atoms with van der Waals surface area (Å²) in [6.45, 7) is 5.64. The predicted molar refractivity (Wildman–Crippen MR) is 97.9 cm³/mol. The van der Waals surface area contributed by atoms with E-state index in [0.29, 0.717) is 18.8 Å². The maximum atomic E-state index is 9.20. The third-order valence-electron chi connectivity index (χ3n) is 4.28. The lowest BCUT2D eigenvalue weighted by Crippen LogP contribution is -2.22. The summed E-state index contributed by atoms with van der Waals surface area (Å²) in [5.74, 6) is 0. The first kappa shape index (κ1) is 16.5. The number of hydrogen-bond donors (Lipinski definition) is 2. The number of imidazole rings is 1. The summed E-state index contributed by atoms with van der Waals surface area (Å²) in [7, 11) is 1.99. The van der Waals surface area contributed by atoms with E-state index in [1.807, 2.05) is 25.4 Å². The van der Waals surface area contributed by atoms with E-state index in [-0.39, 0.29) is 6.61 Å². The van der Waals surface area contributed by atoms with Crippen molar-refractivity contribution in [3.05, 3.63) is 53.3 Å². The molecule has 0 saturated heterocycles. The van der Waals surface area contributed by atoms with Crippen LogP contribution < -0.4 is 5.73 Å². The number of aliphatic hydroxyl groups excluding tert-OH is 1. The van der Waals surface area contributed by atoms with Gasteiger partial charge in [-0.3, -0.25) is 4.90 Å². The van der Waals surface area contributed by atoms with Gasteiger partial charge < -0.3 is 15.2 Å². The lowest BCUT2D eigenvalue weighted by molar-refractivity contribution is 0.216. The Balaban J connectivity index is 2.18. The number of fused-ring (bicyclic) bond motifs is 1. The highest BCUT2D eigenvalue weighted by atomic mass is 16.3. The second-order valence-electron chi connectivity index (χ2n) is 6.38. The number of pyridine rings is 1. The summed E-state index contributed by atoms with van der Waals surface area (Å²) in [5.41, 5.74) is 13.2. The average Bonchev–Trinajstić information content (AvgIpc) is 2.85. The molecule has 0 spiro atoms. The molecule has 0 radical (unpaired) electrons. The lowest BCUT2D eigenvalue weighted by atomic mass is 10.0. The molecule has 0 amide bonds. The highest BCUT2D eigenvalue weighted by Crippen LogP contribution is 2.29. The SMILES string of the molecule is Cc1ccc(-c2nc3ccc(N)cn3c2CN(C)CCO)c(C)c1. The zero-order chi connectivity index (χ0) is 17.3. The third-order valence-corrected chi connectivity index (χ3v) is 4.28. The Bertz CT molecular complexity index is 869. The quantitative estimate of drug-likeness (QED) is 0.757. The van der Waals surface area contributed by atoms with E-state index >= 15 is 0 Å². The molecule has 0 aliphatic heterocycles. The van der Waals surface area contributed by atoms with Gasteiger partial charge in [0.25, 0.3) is 0 Å². The van der Waals surface area contributed by atoms with Crippen LogP contribution >= 0.6 is 0 Å². The Hall–Kier alpha value is -2.37. The number of aliphatic hydroxyl groups is 1. The molecule has 0 aliphatic rings. The standard InChI is InChI=1S/C19H24N4O/c1-13-4-6-16(14(2)10-13)19-17(12-22(3)8-9-24)23-11-15(20)5-7-18(23)21-19/h4-7,10-11,24H,8-9,12,20H2,1-3H3. The summed E-state index contributed by atoms with van der Waals surface area (Å²) >= 11 is 0. The van der Waals surface area contributed by atoms with Crippen molar-refractivity contribution in [1.82, 2.24) is 14.3 Å². The number of aryl methyl sites for hydroxylation is 2. The first-order valence-corrected chi connectivity index (χ1v) is 8.13. The minimum Gasteiger partial charge on any atom is -0.398 e. The molecule has 0 atom stereocenters. The second kappa shape index (κ2) is 6.63. The maximum Gasteiger partial charge on any atom is 0.137 e. The summed E-state index contributed by atoms with van der Waals surface area (Å²) in [6, 6.07) is 10.2. The molecule has 5 nitrogen and oxygen atoms in total. The monoisotopic (exact) mass is 324 g/mol. The largest absolute Gasteiger partial charge is 0.398 e. The fraction of sp³-hybridized carbons (Fsp3) is 0.316. The van der Waals surface area contributed by atoms with Gasteiger partial charge in [0.1, 0.15) is 5.65 Å². The van der Waals surface area contributed by atoms with Crippen molar-refractivity contribution >= 4 is 11.3 Å². The van der Waals surface area contributed by atoms with Crippen LogP contribution in [0.3, 0.4) is 0 Å². The van der Waals surface area contributed by atoms with Crippen molar-refractivity contribution in [2.24, 2.45) is 0 Å². The number of anilines is 1. The zero-order valence-electron chi connectivity index (χ0n) is 14.5. The van der Waals surface area contributed by atoms with E-state index in [1.165, 1.54) is 11.1 Å². The summed E-state index contributed by atoms with van der Waals surface area (Å²) in [6.07, 6.45) is 1.91. The van der Waals surface area contributed by atoms with E-state index < -0.39 is 0 Å². The van der Waals surface area contributed by atoms with Crippen molar-refractivity contribution in [2.45, 2.75) is 20.4 Å². The Labute approximate surface area is 142 Å². The minimum absolute atomic E-state index is 0.133. The molecule has 2 aromatic heterocycles. The van der Waals surface area contributed by atoms with Crippen molar-refractivity contribution < 1.29 is 5.11 Å². The van der Waals surface area contributed by atoms with E-state index in [9.17, 15) is 5.11 Å². The van der Waals surface area contributed by atoms with Gasteiger partial charge in [-0.15, -0.1) is 0 Å². The van der Waals surface area contributed by atoms with Crippen LogP contribution in [-0.4, -0.2) is 39.6 Å². The molecule has 3 aromatic rings. The Morgan fingerprint density at radius 2 is 2.00 bits per heavy atom. The molecule has 0 aliphatic carbocycles. The van der Waals surface area contributed by atoms with Gasteiger partial charge in [0, 0.05) is 30.5 Å². The first-order chi connectivity index (χ1) is 11.5. The van der Waals surface area contributed by atoms with E-state index in [0.717, 1.165) is 22.6 Å². The van der Waals surface area contributed by atoms with E-state index in [2.05, 4.69) is 41.3 Å². The molecule has 1 aromatic carbocycles. The highest BCUT2D eigenvalue weighted by Gasteiger charge is 2.17. The molecule has 3 N–H and O–H groups in total. The topological polar surface area (TPSA) is 66.8 Å². The molecule has 0 unspecified atom stereocenters. The molecule has 5 heteroatoms. The van der Waals surface area contributed by atoms with Crippen LogP contribution in [0.4, 0.5) is 5.69 Å². The smallest absolute Gasteiger partial charge is 0.137 e. The Kier molecular flexibility index (Phi) is 4.55. The molecule has 0 bridgehead atoms. The zero-order valence-corrected chi connectivity index (χ0v) is 14.5. The van der Waals surface area contributed by atoms with Crippen LogP contribution in [0.25, 0.3) is 16.9 Å². The molecule has 0 fully saturated rings. The number of nitrogens with zero attached hydrogens (tertiary/aromatic N) is 3. The van der Waals surface area contributed by atoms with Gasteiger partial charge in [-0.05, 0) is 38.6 Å². The van der Waals surface area contributed by atoms with Crippen molar-refractivity contribution in [1.29, 1.82) is 0 Å². The number of nitrogen functional groups attached to an aromatic ring is 1. The highest BCUT2D eigenvalue weighted by molar-refractivity contribution is 5.70. The number of benzene rings is 1. The van der Waals surface area contributed by atoms with Crippen molar-refractivity contribution in [3.8, 4) is 11.3 Å². The predicted octanol–water partition coefficient (Wildman–Crippen LogP) is 2.62. The van der Waals surface area contributed by atoms with E-state index in [1.54, 1.807) is 0 Å². The van der Waals surface area contributed by atoms with Gasteiger partial charge in [0.2, 0.25) is 0 Å². The molecular weight excluding hydrogens is 300 g/mol. The summed E-state index contributed by atoms with van der Waals surface area (Å²) in [5, 5.41) is 9.20.